The highest BCUT2D eigenvalue weighted by molar-refractivity contribution is 5.77. The van der Waals surface area contributed by atoms with Crippen LogP contribution in [0.5, 0.6) is 23.0 Å². The molecule has 6 heteroatoms. The first kappa shape index (κ1) is 19.4. The average Bonchev–Trinajstić information content (AvgIpc) is 2.66. The SMILES string of the molecule is COc1cc(CN(C)C(=O)COc2ccc(C)cc2)cc(OC)c1OC. The van der Waals surface area contributed by atoms with Crippen LogP contribution in [0.15, 0.2) is 36.4 Å². The normalized spacial score (nSPS) is 10.2. The van der Waals surface area contributed by atoms with E-state index in [1.54, 1.807) is 33.3 Å². The van der Waals surface area contributed by atoms with Crippen molar-refractivity contribution < 1.29 is 23.7 Å². The number of likely N-dealkylation sites (N-methyl/N-ethyl adjacent to an activating group) is 1. The highest BCUT2D eigenvalue weighted by Gasteiger charge is 2.16. The Kier molecular flexibility index (Phi) is 6.72. The zero-order valence-corrected chi connectivity index (χ0v) is 15.9. The van der Waals surface area contributed by atoms with Crippen LogP contribution in [0.25, 0.3) is 0 Å². The second kappa shape index (κ2) is 8.99. The number of ether oxygens (including phenoxy) is 4. The third-order valence-electron chi connectivity index (χ3n) is 3.95. The monoisotopic (exact) mass is 359 g/mol. The van der Waals surface area contributed by atoms with Crippen molar-refractivity contribution in [3.63, 3.8) is 0 Å². The molecule has 2 rings (SSSR count). The summed E-state index contributed by atoms with van der Waals surface area (Å²) in [6.45, 7) is 2.37. The van der Waals surface area contributed by atoms with Crippen molar-refractivity contribution in [2.45, 2.75) is 13.5 Å². The van der Waals surface area contributed by atoms with E-state index >= 15 is 0 Å². The van der Waals surface area contributed by atoms with Gasteiger partial charge in [0.1, 0.15) is 5.75 Å². The van der Waals surface area contributed by atoms with Crippen LogP contribution >= 0.6 is 0 Å². The highest BCUT2D eigenvalue weighted by Crippen LogP contribution is 2.38. The molecule has 6 nitrogen and oxygen atoms in total. The molecule has 0 N–H and O–H groups in total. The molecule has 0 aliphatic carbocycles. The zero-order valence-electron chi connectivity index (χ0n) is 15.9. The van der Waals surface area contributed by atoms with Gasteiger partial charge >= 0.3 is 0 Å². The summed E-state index contributed by atoms with van der Waals surface area (Å²) in [4.78, 5) is 13.9. The van der Waals surface area contributed by atoms with Gasteiger partial charge in [-0.05, 0) is 36.8 Å². The number of aryl methyl sites for hydroxylation is 1. The van der Waals surface area contributed by atoms with Crippen LogP contribution in [0, 0.1) is 6.92 Å². The summed E-state index contributed by atoms with van der Waals surface area (Å²) >= 11 is 0. The molecule has 140 valence electrons. The number of hydrogen-bond donors (Lipinski definition) is 0. The van der Waals surface area contributed by atoms with E-state index in [4.69, 9.17) is 18.9 Å². The molecule has 26 heavy (non-hydrogen) atoms. The molecule has 0 radical (unpaired) electrons. The van der Waals surface area contributed by atoms with E-state index in [-0.39, 0.29) is 12.5 Å². The minimum atomic E-state index is -0.126. The maximum absolute atomic E-state index is 12.3. The third kappa shape index (κ3) is 4.81. The molecular formula is C20H25NO5. The van der Waals surface area contributed by atoms with Gasteiger partial charge in [0, 0.05) is 13.6 Å². The second-order valence-corrected chi connectivity index (χ2v) is 5.89. The van der Waals surface area contributed by atoms with Gasteiger partial charge in [-0.1, -0.05) is 17.7 Å². The molecule has 0 aromatic heterocycles. The largest absolute Gasteiger partial charge is 0.493 e. The Bertz CT molecular complexity index is 717. The molecule has 0 spiro atoms. The number of amides is 1. The predicted octanol–water partition coefficient (Wildman–Crippen LogP) is 3.06. The van der Waals surface area contributed by atoms with E-state index < -0.39 is 0 Å². The molecule has 2 aromatic carbocycles. The minimum Gasteiger partial charge on any atom is -0.493 e. The Hall–Kier alpha value is -2.89. The quantitative estimate of drug-likeness (QED) is 0.725. The Morgan fingerprint density at radius 2 is 1.54 bits per heavy atom. The van der Waals surface area contributed by atoms with Gasteiger partial charge in [0.05, 0.1) is 21.3 Å². The second-order valence-electron chi connectivity index (χ2n) is 5.89. The first-order valence-corrected chi connectivity index (χ1v) is 8.20. The Morgan fingerprint density at radius 3 is 2.04 bits per heavy atom. The van der Waals surface area contributed by atoms with Gasteiger partial charge in [-0.25, -0.2) is 0 Å². The fraction of sp³-hybridized carbons (Fsp3) is 0.350. The van der Waals surface area contributed by atoms with E-state index in [0.29, 0.717) is 29.5 Å². The molecule has 0 fully saturated rings. The Balaban J connectivity index is 2.02. The van der Waals surface area contributed by atoms with Crippen LogP contribution in [0.3, 0.4) is 0 Å². The molecule has 0 heterocycles. The van der Waals surface area contributed by atoms with Crippen molar-refractivity contribution in [2.75, 3.05) is 35.0 Å². The summed E-state index contributed by atoms with van der Waals surface area (Å²) in [5.74, 6) is 2.18. The van der Waals surface area contributed by atoms with Gasteiger partial charge in [0.2, 0.25) is 5.75 Å². The number of nitrogens with zero attached hydrogens (tertiary/aromatic N) is 1. The van der Waals surface area contributed by atoms with Gasteiger partial charge in [-0.15, -0.1) is 0 Å². The van der Waals surface area contributed by atoms with Gasteiger partial charge in [-0.2, -0.15) is 0 Å². The van der Waals surface area contributed by atoms with Crippen molar-refractivity contribution in [3.8, 4) is 23.0 Å². The summed E-state index contributed by atoms with van der Waals surface area (Å²) in [5.41, 5.74) is 2.01. The predicted molar refractivity (Wildman–Crippen MR) is 99.2 cm³/mol. The van der Waals surface area contributed by atoms with Gasteiger partial charge < -0.3 is 23.8 Å². The first-order chi connectivity index (χ1) is 12.5. The van der Waals surface area contributed by atoms with Crippen LogP contribution in [-0.4, -0.2) is 45.8 Å². The number of methoxy groups -OCH3 is 3. The molecule has 1 amide bonds. The number of hydrogen-bond acceptors (Lipinski definition) is 5. The molecule has 0 atom stereocenters. The standard InChI is InChI=1S/C20H25NO5/c1-14-6-8-16(9-7-14)26-13-19(22)21(2)12-15-10-17(23-3)20(25-5)18(11-15)24-4/h6-11H,12-13H2,1-5H3. The van der Waals surface area contributed by atoms with E-state index in [1.807, 2.05) is 43.3 Å². The molecular weight excluding hydrogens is 334 g/mol. The summed E-state index contributed by atoms with van der Waals surface area (Å²) in [7, 11) is 6.40. The smallest absolute Gasteiger partial charge is 0.260 e. The lowest BCUT2D eigenvalue weighted by molar-refractivity contribution is -0.132. The van der Waals surface area contributed by atoms with Gasteiger partial charge in [0.25, 0.3) is 5.91 Å². The van der Waals surface area contributed by atoms with E-state index in [2.05, 4.69) is 0 Å². The summed E-state index contributed by atoms with van der Waals surface area (Å²) in [6, 6.07) is 11.2. The number of rotatable bonds is 8. The maximum atomic E-state index is 12.3. The number of carbonyl (C=O) groups excluding carboxylic acids is 1. The molecule has 0 aliphatic rings. The molecule has 0 unspecified atom stereocenters. The van der Waals surface area contributed by atoms with Crippen molar-refractivity contribution in [1.29, 1.82) is 0 Å². The van der Waals surface area contributed by atoms with Gasteiger partial charge in [0.15, 0.2) is 18.1 Å². The van der Waals surface area contributed by atoms with Crippen molar-refractivity contribution >= 4 is 5.91 Å². The van der Waals surface area contributed by atoms with Crippen LogP contribution < -0.4 is 18.9 Å². The molecule has 0 bridgehead atoms. The Labute approximate surface area is 154 Å². The molecule has 0 saturated heterocycles. The average molecular weight is 359 g/mol. The summed E-state index contributed by atoms with van der Waals surface area (Å²) in [5, 5.41) is 0. The van der Waals surface area contributed by atoms with Crippen molar-refractivity contribution in [2.24, 2.45) is 0 Å². The fourth-order valence-corrected chi connectivity index (χ4v) is 2.48. The molecule has 0 aliphatic heterocycles. The number of benzene rings is 2. The van der Waals surface area contributed by atoms with Crippen molar-refractivity contribution in [1.82, 2.24) is 4.90 Å². The lowest BCUT2D eigenvalue weighted by atomic mass is 10.1. The highest BCUT2D eigenvalue weighted by atomic mass is 16.5. The van der Waals surface area contributed by atoms with E-state index in [0.717, 1.165) is 11.1 Å². The van der Waals surface area contributed by atoms with Crippen LogP contribution in [0.1, 0.15) is 11.1 Å². The Morgan fingerprint density at radius 1 is 0.962 bits per heavy atom. The minimum absolute atomic E-state index is 0.0238. The summed E-state index contributed by atoms with van der Waals surface area (Å²) < 4.78 is 21.5. The van der Waals surface area contributed by atoms with Crippen LogP contribution in [-0.2, 0) is 11.3 Å². The molecule has 2 aromatic rings. The van der Waals surface area contributed by atoms with Gasteiger partial charge in [-0.3, -0.25) is 4.79 Å². The number of carbonyl (C=O) groups is 1. The van der Waals surface area contributed by atoms with E-state index in [9.17, 15) is 4.79 Å². The molecule has 0 saturated carbocycles. The van der Waals surface area contributed by atoms with E-state index in [1.165, 1.54) is 0 Å². The maximum Gasteiger partial charge on any atom is 0.260 e. The third-order valence-corrected chi connectivity index (χ3v) is 3.95. The fourth-order valence-electron chi connectivity index (χ4n) is 2.48. The summed E-state index contributed by atoms with van der Waals surface area (Å²) in [6.07, 6.45) is 0. The lowest BCUT2D eigenvalue weighted by Gasteiger charge is -2.19. The first-order valence-electron chi connectivity index (χ1n) is 8.20. The lowest BCUT2D eigenvalue weighted by Crippen LogP contribution is -2.31. The van der Waals surface area contributed by atoms with Crippen LogP contribution in [0.4, 0.5) is 0 Å². The van der Waals surface area contributed by atoms with Crippen molar-refractivity contribution in [3.05, 3.63) is 47.5 Å². The topological polar surface area (TPSA) is 57.2 Å². The van der Waals surface area contributed by atoms with Crippen LogP contribution in [0.2, 0.25) is 0 Å². The zero-order chi connectivity index (χ0) is 19.1.